The zero-order valence-electron chi connectivity index (χ0n) is 14.7. The third-order valence-electron chi connectivity index (χ3n) is 4.13. The van der Waals surface area contributed by atoms with Crippen LogP contribution < -0.4 is 5.32 Å². The monoisotopic (exact) mass is 331 g/mol. The standard InChI is InChI=1S/C18H25N3O3/c1-5-7-21(6-2)11-16(22)19-13-8-12(3)17-14(9-13)15(18(23)24)10-20(17)4/h8-10H,5-7,11H2,1-4H3,(H,19,22)(H,23,24). The lowest BCUT2D eigenvalue weighted by atomic mass is 10.1. The van der Waals surface area contributed by atoms with Gasteiger partial charge in [0.2, 0.25) is 5.91 Å². The number of carbonyl (C=O) groups is 2. The van der Waals surface area contributed by atoms with Crippen LogP contribution in [0.4, 0.5) is 5.69 Å². The van der Waals surface area contributed by atoms with Gasteiger partial charge in [0.05, 0.1) is 17.6 Å². The van der Waals surface area contributed by atoms with Crippen LogP contribution in [0.15, 0.2) is 18.3 Å². The quantitative estimate of drug-likeness (QED) is 0.818. The van der Waals surface area contributed by atoms with E-state index in [9.17, 15) is 14.7 Å². The molecule has 0 radical (unpaired) electrons. The van der Waals surface area contributed by atoms with Crippen LogP contribution in [0.5, 0.6) is 0 Å². The van der Waals surface area contributed by atoms with Gasteiger partial charge in [-0.2, -0.15) is 0 Å². The van der Waals surface area contributed by atoms with Gasteiger partial charge < -0.3 is 15.0 Å². The average Bonchev–Trinajstić information content (AvgIpc) is 2.84. The highest BCUT2D eigenvalue weighted by atomic mass is 16.4. The fraction of sp³-hybridized carbons (Fsp3) is 0.444. The first kappa shape index (κ1) is 18.0. The maximum absolute atomic E-state index is 12.3. The van der Waals surface area contributed by atoms with Crippen molar-refractivity contribution in [3.05, 3.63) is 29.5 Å². The number of fused-ring (bicyclic) bond motifs is 1. The summed E-state index contributed by atoms with van der Waals surface area (Å²) in [4.78, 5) is 25.8. The number of aromatic nitrogens is 1. The minimum absolute atomic E-state index is 0.0862. The minimum atomic E-state index is -0.969. The Bertz CT molecular complexity index is 764. The molecule has 0 saturated heterocycles. The molecule has 0 unspecified atom stereocenters. The Kier molecular flexibility index (Phi) is 5.62. The summed E-state index contributed by atoms with van der Waals surface area (Å²) in [6.45, 7) is 8.06. The summed E-state index contributed by atoms with van der Waals surface area (Å²) in [5.41, 5.74) is 2.67. The zero-order valence-corrected chi connectivity index (χ0v) is 14.7. The molecule has 0 saturated carbocycles. The van der Waals surface area contributed by atoms with Gasteiger partial charge in [0.25, 0.3) is 0 Å². The first-order valence-electron chi connectivity index (χ1n) is 8.22. The number of carboxylic acid groups (broad SMARTS) is 1. The Hall–Kier alpha value is -2.34. The van der Waals surface area contributed by atoms with Crippen molar-refractivity contribution in [3.63, 3.8) is 0 Å². The summed E-state index contributed by atoms with van der Waals surface area (Å²) in [5.74, 6) is -1.06. The van der Waals surface area contributed by atoms with Crippen LogP contribution in [0.3, 0.4) is 0 Å². The molecule has 6 heteroatoms. The molecule has 1 aromatic carbocycles. The number of anilines is 1. The summed E-state index contributed by atoms with van der Waals surface area (Å²) in [5, 5.41) is 12.9. The summed E-state index contributed by atoms with van der Waals surface area (Å²) in [6.07, 6.45) is 2.60. The molecule has 0 aliphatic carbocycles. The van der Waals surface area contributed by atoms with Crippen molar-refractivity contribution in [1.29, 1.82) is 0 Å². The lowest BCUT2D eigenvalue weighted by molar-refractivity contribution is -0.117. The zero-order chi connectivity index (χ0) is 17.9. The van der Waals surface area contributed by atoms with Gasteiger partial charge in [0.15, 0.2) is 0 Å². The molecule has 2 rings (SSSR count). The Labute approximate surface area is 142 Å². The number of aromatic carboxylic acids is 1. The molecular formula is C18H25N3O3. The van der Waals surface area contributed by atoms with Gasteiger partial charge in [-0.3, -0.25) is 9.69 Å². The molecule has 0 fully saturated rings. The highest BCUT2D eigenvalue weighted by Crippen LogP contribution is 2.28. The molecule has 2 aromatic rings. The predicted molar refractivity (Wildman–Crippen MR) is 95.7 cm³/mol. The minimum Gasteiger partial charge on any atom is -0.478 e. The normalized spacial score (nSPS) is 11.2. The first-order valence-corrected chi connectivity index (χ1v) is 8.22. The Balaban J connectivity index is 2.28. The van der Waals surface area contributed by atoms with E-state index in [4.69, 9.17) is 0 Å². The molecule has 130 valence electrons. The number of likely N-dealkylation sites (N-methyl/N-ethyl adjacent to an activating group) is 1. The van der Waals surface area contributed by atoms with Crippen LogP contribution in [-0.2, 0) is 11.8 Å². The van der Waals surface area contributed by atoms with E-state index < -0.39 is 5.97 Å². The van der Waals surface area contributed by atoms with E-state index >= 15 is 0 Å². The van der Waals surface area contributed by atoms with Crippen molar-refractivity contribution < 1.29 is 14.7 Å². The summed E-state index contributed by atoms with van der Waals surface area (Å²) < 4.78 is 1.81. The van der Waals surface area contributed by atoms with E-state index in [2.05, 4.69) is 17.1 Å². The third kappa shape index (κ3) is 3.76. The van der Waals surface area contributed by atoms with Crippen LogP contribution in [0, 0.1) is 6.92 Å². The van der Waals surface area contributed by atoms with E-state index in [1.807, 2.05) is 27.0 Å². The number of amides is 1. The van der Waals surface area contributed by atoms with E-state index in [-0.39, 0.29) is 11.5 Å². The van der Waals surface area contributed by atoms with E-state index in [0.717, 1.165) is 30.6 Å². The maximum atomic E-state index is 12.3. The summed E-state index contributed by atoms with van der Waals surface area (Å²) >= 11 is 0. The second-order valence-corrected chi connectivity index (χ2v) is 6.07. The van der Waals surface area contributed by atoms with Crippen molar-refractivity contribution in [2.75, 3.05) is 25.0 Å². The van der Waals surface area contributed by atoms with Crippen LogP contribution in [0.2, 0.25) is 0 Å². The molecule has 0 bridgehead atoms. The molecule has 0 spiro atoms. The second kappa shape index (κ2) is 7.49. The predicted octanol–water partition coefficient (Wildman–Crippen LogP) is 2.86. The first-order chi connectivity index (χ1) is 11.4. The van der Waals surface area contributed by atoms with Crippen LogP contribution in [0.25, 0.3) is 10.9 Å². The number of benzene rings is 1. The topological polar surface area (TPSA) is 74.6 Å². The van der Waals surface area contributed by atoms with Crippen LogP contribution >= 0.6 is 0 Å². The average molecular weight is 331 g/mol. The van der Waals surface area contributed by atoms with Crippen LogP contribution in [0.1, 0.15) is 36.2 Å². The Morgan fingerprint density at radius 3 is 2.58 bits per heavy atom. The van der Waals surface area contributed by atoms with Crippen LogP contribution in [-0.4, -0.2) is 46.1 Å². The van der Waals surface area contributed by atoms with E-state index in [1.165, 1.54) is 0 Å². The molecule has 1 amide bonds. The van der Waals surface area contributed by atoms with Gasteiger partial charge in [0.1, 0.15) is 0 Å². The second-order valence-electron chi connectivity index (χ2n) is 6.07. The molecule has 1 heterocycles. The molecule has 0 aliphatic heterocycles. The summed E-state index contributed by atoms with van der Waals surface area (Å²) in [7, 11) is 1.82. The van der Waals surface area contributed by atoms with Crippen molar-refractivity contribution in [2.45, 2.75) is 27.2 Å². The fourth-order valence-electron chi connectivity index (χ4n) is 3.09. The highest BCUT2D eigenvalue weighted by Gasteiger charge is 2.16. The Morgan fingerprint density at radius 2 is 2.00 bits per heavy atom. The number of aryl methyl sites for hydroxylation is 2. The molecule has 2 N–H and O–H groups in total. The number of nitrogens with one attached hydrogen (secondary N) is 1. The summed E-state index contributed by atoms with van der Waals surface area (Å²) in [6, 6.07) is 3.61. The molecule has 0 aliphatic rings. The van der Waals surface area contributed by atoms with Gasteiger partial charge in [-0.05, 0) is 44.1 Å². The van der Waals surface area contributed by atoms with Gasteiger partial charge in [-0.25, -0.2) is 4.79 Å². The third-order valence-corrected chi connectivity index (χ3v) is 4.13. The number of hydrogen-bond donors (Lipinski definition) is 2. The lowest BCUT2D eigenvalue weighted by Gasteiger charge is -2.19. The van der Waals surface area contributed by atoms with Gasteiger partial charge in [-0.1, -0.05) is 13.8 Å². The van der Waals surface area contributed by atoms with Crippen molar-refractivity contribution in [1.82, 2.24) is 9.47 Å². The van der Waals surface area contributed by atoms with Crippen molar-refractivity contribution in [3.8, 4) is 0 Å². The van der Waals surface area contributed by atoms with E-state index in [1.54, 1.807) is 16.8 Å². The molecule has 24 heavy (non-hydrogen) atoms. The fourth-order valence-corrected chi connectivity index (χ4v) is 3.09. The van der Waals surface area contributed by atoms with Gasteiger partial charge in [-0.15, -0.1) is 0 Å². The van der Waals surface area contributed by atoms with Crippen molar-refractivity contribution >= 4 is 28.5 Å². The molecule has 6 nitrogen and oxygen atoms in total. The Morgan fingerprint density at radius 1 is 1.29 bits per heavy atom. The number of hydrogen-bond acceptors (Lipinski definition) is 3. The maximum Gasteiger partial charge on any atom is 0.337 e. The van der Waals surface area contributed by atoms with Gasteiger partial charge in [0, 0.05) is 24.3 Å². The largest absolute Gasteiger partial charge is 0.478 e. The SMILES string of the molecule is CCCN(CC)CC(=O)Nc1cc(C)c2c(c1)c(C(=O)O)cn2C. The number of carbonyl (C=O) groups excluding carboxylic acids is 1. The molecule has 0 atom stereocenters. The number of carboxylic acids is 1. The van der Waals surface area contributed by atoms with E-state index in [0.29, 0.717) is 17.6 Å². The molecular weight excluding hydrogens is 306 g/mol. The highest BCUT2D eigenvalue weighted by molar-refractivity contribution is 6.06. The van der Waals surface area contributed by atoms with Gasteiger partial charge >= 0.3 is 5.97 Å². The molecule has 1 aromatic heterocycles. The number of rotatable bonds is 7. The number of nitrogens with zero attached hydrogens (tertiary/aromatic N) is 2. The smallest absolute Gasteiger partial charge is 0.337 e. The lowest BCUT2D eigenvalue weighted by Crippen LogP contribution is -2.33. The van der Waals surface area contributed by atoms with Crippen molar-refractivity contribution in [2.24, 2.45) is 7.05 Å².